The summed E-state index contributed by atoms with van der Waals surface area (Å²) in [4.78, 5) is 12.8. The molecule has 0 saturated carbocycles. The van der Waals surface area contributed by atoms with Gasteiger partial charge in [-0.15, -0.1) is 12.4 Å². The first kappa shape index (κ1) is 16.4. The van der Waals surface area contributed by atoms with Gasteiger partial charge in [0.1, 0.15) is 0 Å². The molecule has 1 aromatic carbocycles. The minimum absolute atomic E-state index is 0. The number of likely N-dealkylation sites (tertiary alicyclic amines) is 1. The van der Waals surface area contributed by atoms with Gasteiger partial charge in [0, 0.05) is 31.7 Å². The lowest BCUT2D eigenvalue weighted by Gasteiger charge is -2.15. The van der Waals surface area contributed by atoms with Crippen LogP contribution < -0.4 is 5.32 Å². The highest BCUT2D eigenvalue weighted by Crippen LogP contribution is 2.26. The first-order chi connectivity index (χ1) is 8.60. The lowest BCUT2D eigenvalue weighted by molar-refractivity contribution is -0.385. The summed E-state index contributed by atoms with van der Waals surface area (Å²) in [6.07, 6.45) is 1.13. The summed E-state index contributed by atoms with van der Waals surface area (Å²) >= 11 is 3.20. The smallest absolute Gasteiger partial charge is 0.283 e. The van der Waals surface area contributed by atoms with E-state index in [1.54, 1.807) is 12.1 Å². The van der Waals surface area contributed by atoms with Crippen molar-refractivity contribution in [2.24, 2.45) is 0 Å². The molecule has 5 nitrogen and oxygen atoms in total. The highest BCUT2D eigenvalue weighted by molar-refractivity contribution is 9.10. The number of nitrogens with zero attached hydrogens (tertiary/aromatic N) is 2. The Morgan fingerprint density at radius 1 is 1.58 bits per heavy atom. The van der Waals surface area contributed by atoms with Crippen molar-refractivity contribution in [2.45, 2.75) is 19.0 Å². The largest absolute Gasteiger partial charge is 0.316 e. The van der Waals surface area contributed by atoms with E-state index in [4.69, 9.17) is 0 Å². The lowest BCUT2D eigenvalue weighted by Crippen LogP contribution is -2.29. The van der Waals surface area contributed by atoms with Crippen molar-refractivity contribution in [3.63, 3.8) is 0 Å². The van der Waals surface area contributed by atoms with Gasteiger partial charge < -0.3 is 5.32 Å². The quantitative estimate of drug-likeness (QED) is 0.670. The first-order valence-electron chi connectivity index (χ1n) is 5.92. The van der Waals surface area contributed by atoms with Gasteiger partial charge in [-0.25, -0.2) is 0 Å². The zero-order chi connectivity index (χ0) is 13.1. The van der Waals surface area contributed by atoms with Gasteiger partial charge in [0.15, 0.2) is 0 Å². The van der Waals surface area contributed by atoms with Gasteiger partial charge in [0.05, 0.1) is 9.40 Å². The zero-order valence-electron chi connectivity index (χ0n) is 10.6. The van der Waals surface area contributed by atoms with E-state index in [1.165, 1.54) is 0 Å². The van der Waals surface area contributed by atoms with Gasteiger partial charge in [-0.3, -0.25) is 15.0 Å². The lowest BCUT2D eigenvalue weighted by atomic mass is 10.2. The van der Waals surface area contributed by atoms with Gasteiger partial charge in [-0.2, -0.15) is 0 Å². The van der Waals surface area contributed by atoms with Crippen LogP contribution in [0.15, 0.2) is 22.7 Å². The number of benzene rings is 1. The molecule has 2 rings (SSSR count). The van der Waals surface area contributed by atoms with E-state index in [2.05, 4.69) is 26.1 Å². The van der Waals surface area contributed by atoms with Crippen LogP contribution in [0.4, 0.5) is 5.69 Å². The fourth-order valence-electron chi connectivity index (χ4n) is 2.27. The molecule has 1 aromatic rings. The van der Waals surface area contributed by atoms with Gasteiger partial charge in [-0.05, 0) is 41.0 Å². The summed E-state index contributed by atoms with van der Waals surface area (Å²) < 4.78 is 0.533. The fraction of sp³-hybridized carbons (Fsp3) is 0.500. The fourth-order valence-corrected chi connectivity index (χ4v) is 2.66. The third-order valence-corrected chi connectivity index (χ3v) is 3.96. The predicted octanol–water partition coefficient (Wildman–Crippen LogP) is 2.57. The SMILES string of the molecule is CNC1CCN(Cc2ccc(Br)c([N+](=O)[O-])c2)C1.Cl. The van der Waals surface area contributed by atoms with Crippen molar-refractivity contribution < 1.29 is 4.92 Å². The van der Waals surface area contributed by atoms with Crippen molar-refractivity contribution in [1.29, 1.82) is 0 Å². The van der Waals surface area contributed by atoms with Crippen LogP contribution in [0.3, 0.4) is 0 Å². The molecule has 0 spiro atoms. The number of rotatable bonds is 4. The third-order valence-electron chi connectivity index (χ3n) is 3.29. The Kier molecular flexibility index (Phi) is 6.19. The zero-order valence-corrected chi connectivity index (χ0v) is 13.0. The summed E-state index contributed by atoms with van der Waals surface area (Å²) in [5.41, 5.74) is 1.12. The molecule has 0 aliphatic carbocycles. The molecule has 1 saturated heterocycles. The van der Waals surface area contributed by atoms with Crippen molar-refractivity contribution in [2.75, 3.05) is 20.1 Å². The van der Waals surface area contributed by atoms with Crippen molar-refractivity contribution in [1.82, 2.24) is 10.2 Å². The maximum absolute atomic E-state index is 10.9. The van der Waals surface area contributed by atoms with Crippen molar-refractivity contribution in [3.05, 3.63) is 38.3 Å². The molecule has 0 aromatic heterocycles. The molecule has 1 fully saturated rings. The summed E-state index contributed by atoms with van der Waals surface area (Å²) in [5.74, 6) is 0. The summed E-state index contributed by atoms with van der Waals surface area (Å²) in [7, 11) is 1.97. The van der Waals surface area contributed by atoms with Crippen LogP contribution in [0.1, 0.15) is 12.0 Å². The molecule has 19 heavy (non-hydrogen) atoms. The molecule has 1 heterocycles. The second-order valence-corrected chi connectivity index (χ2v) is 5.41. The Bertz CT molecular complexity index is 459. The van der Waals surface area contributed by atoms with Gasteiger partial charge in [0.25, 0.3) is 5.69 Å². The highest BCUT2D eigenvalue weighted by atomic mass is 79.9. The molecule has 1 aliphatic rings. The molecule has 0 amide bonds. The predicted molar refractivity (Wildman–Crippen MR) is 80.8 cm³/mol. The van der Waals surface area contributed by atoms with E-state index in [0.29, 0.717) is 10.5 Å². The second kappa shape index (κ2) is 7.19. The maximum atomic E-state index is 10.9. The number of likely N-dealkylation sites (N-methyl/N-ethyl adjacent to an activating group) is 1. The van der Waals surface area contributed by atoms with Gasteiger partial charge in [-0.1, -0.05) is 6.07 Å². The molecule has 1 atom stereocenters. The number of nitro benzene ring substituents is 1. The standard InChI is InChI=1S/C12H16BrN3O2.ClH/c1-14-10-4-5-15(8-10)7-9-2-3-11(13)12(6-9)16(17)18;/h2-3,6,10,14H,4-5,7-8H2,1H3;1H. The van der Waals surface area contributed by atoms with Crippen LogP contribution in [0.2, 0.25) is 0 Å². The minimum Gasteiger partial charge on any atom is -0.316 e. The molecule has 0 bridgehead atoms. The average molecular weight is 351 g/mol. The second-order valence-electron chi connectivity index (χ2n) is 4.55. The monoisotopic (exact) mass is 349 g/mol. The van der Waals surface area contributed by atoms with Crippen molar-refractivity contribution >= 4 is 34.0 Å². The molecular formula is C12H17BrClN3O2. The average Bonchev–Trinajstić information content (AvgIpc) is 2.79. The molecule has 1 aliphatic heterocycles. The van der Waals surface area contributed by atoms with Gasteiger partial charge >= 0.3 is 0 Å². The minimum atomic E-state index is -0.353. The van der Waals surface area contributed by atoms with Crippen LogP contribution in [-0.2, 0) is 6.54 Å². The maximum Gasteiger partial charge on any atom is 0.283 e. The first-order valence-corrected chi connectivity index (χ1v) is 6.72. The molecule has 106 valence electrons. The Balaban J connectivity index is 0.00000180. The van der Waals surface area contributed by atoms with Crippen LogP contribution in [-0.4, -0.2) is 36.0 Å². The third kappa shape index (κ3) is 4.14. The van der Waals surface area contributed by atoms with E-state index < -0.39 is 0 Å². The summed E-state index contributed by atoms with van der Waals surface area (Å²) in [5, 5.41) is 14.1. The Hall–Kier alpha value is -0.690. The van der Waals surface area contributed by atoms with Crippen molar-refractivity contribution in [3.8, 4) is 0 Å². The summed E-state index contributed by atoms with van der Waals surface area (Å²) in [6, 6.07) is 5.87. The van der Waals surface area contributed by atoms with Crippen LogP contribution in [0.5, 0.6) is 0 Å². The Morgan fingerprint density at radius 2 is 2.32 bits per heavy atom. The number of hydrogen-bond donors (Lipinski definition) is 1. The van der Waals surface area contributed by atoms with Crippen LogP contribution in [0, 0.1) is 10.1 Å². The van der Waals surface area contributed by atoms with E-state index in [-0.39, 0.29) is 23.0 Å². The number of nitrogens with one attached hydrogen (secondary N) is 1. The Morgan fingerprint density at radius 3 is 2.89 bits per heavy atom. The van der Waals surface area contributed by atoms with E-state index in [0.717, 1.165) is 31.6 Å². The Labute approximate surface area is 127 Å². The normalized spacial score (nSPS) is 19.2. The van der Waals surface area contributed by atoms with Crippen LogP contribution in [0.25, 0.3) is 0 Å². The number of hydrogen-bond acceptors (Lipinski definition) is 4. The van der Waals surface area contributed by atoms with Gasteiger partial charge in [0.2, 0.25) is 0 Å². The molecule has 1 N–H and O–H groups in total. The van der Waals surface area contributed by atoms with E-state index >= 15 is 0 Å². The molecular weight excluding hydrogens is 334 g/mol. The topological polar surface area (TPSA) is 58.4 Å². The van der Waals surface area contributed by atoms with E-state index in [1.807, 2.05) is 13.1 Å². The number of halogens is 2. The van der Waals surface area contributed by atoms with Crippen LogP contribution >= 0.6 is 28.3 Å². The summed E-state index contributed by atoms with van der Waals surface area (Å²) in [6.45, 7) is 2.81. The molecule has 1 unspecified atom stereocenters. The molecule has 7 heteroatoms. The molecule has 0 radical (unpaired) electrons. The number of nitro groups is 1. The van der Waals surface area contributed by atoms with E-state index in [9.17, 15) is 10.1 Å². The highest BCUT2D eigenvalue weighted by Gasteiger charge is 2.21.